The van der Waals surface area contributed by atoms with E-state index in [9.17, 15) is 9.18 Å². The molecule has 1 aromatic heterocycles. The molecule has 2 aromatic carbocycles. The Morgan fingerprint density at radius 2 is 1.89 bits per heavy atom. The van der Waals surface area contributed by atoms with Crippen LogP contribution in [0.1, 0.15) is 30.5 Å². The van der Waals surface area contributed by atoms with Crippen LogP contribution in [0.3, 0.4) is 0 Å². The van der Waals surface area contributed by atoms with Gasteiger partial charge in [0.05, 0.1) is 10.7 Å². The van der Waals surface area contributed by atoms with Crippen LogP contribution in [-0.2, 0) is 4.79 Å². The number of aromatic nitrogens is 1. The quantitative estimate of drug-likeness (QED) is 0.544. The van der Waals surface area contributed by atoms with Gasteiger partial charge in [0, 0.05) is 29.4 Å². The van der Waals surface area contributed by atoms with E-state index in [0.717, 1.165) is 28.8 Å². The van der Waals surface area contributed by atoms with Crippen molar-refractivity contribution in [2.24, 2.45) is 0 Å². The normalized spacial score (nSPS) is 16.1. The number of pyridine rings is 1. The van der Waals surface area contributed by atoms with E-state index in [1.54, 1.807) is 12.3 Å². The van der Waals surface area contributed by atoms with Gasteiger partial charge in [-0.1, -0.05) is 35.9 Å². The summed E-state index contributed by atoms with van der Waals surface area (Å²) in [6, 6.07) is 15.9. The minimum atomic E-state index is -0.347. The molecule has 3 nitrogen and oxygen atoms in total. The standard InChI is InChI=1S/C23H18ClFN2O/c24-17-8-10-21(26-14-17)19-6-1-2-7-23(28)27-22-11-9-18(25)13-20(22)16-5-3-4-15(19)12-16/h3-6,8-14H,1-2,7H2,(H,27,28)/b19-6+. The van der Waals surface area contributed by atoms with Crippen molar-refractivity contribution in [3.05, 3.63) is 89.0 Å². The van der Waals surface area contributed by atoms with Gasteiger partial charge in [-0.15, -0.1) is 0 Å². The monoisotopic (exact) mass is 392 g/mol. The summed E-state index contributed by atoms with van der Waals surface area (Å²) < 4.78 is 13.9. The largest absolute Gasteiger partial charge is 0.326 e. The number of halogens is 2. The lowest BCUT2D eigenvalue weighted by atomic mass is 9.94. The molecular weight excluding hydrogens is 375 g/mol. The fourth-order valence-electron chi connectivity index (χ4n) is 3.35. The molecule has 2 heterocycles. The number of hydrogen-bond acceptors (Lipinski definition) is 2. The van der Waals surface area contributed by atoms with E-state index in [1.165, 1.54) is 12.1 Å². The molecule has 1 aliphatic rings. The van der Waals surface area contributed by atoms with E-state index >= 15 is 0 Å². The van der Waals surface area contributed by atoms with Gasteiger partial charge in [-0.05, 0) is 60.4 Å². The van der Waals surface area contributed by atoms with Crippen LogP contribution in [0.15, 0.2) is 66.9 Å². The Labute approximate surface area is 167 Å². The van der Waals surface area contributed by atoms with Crippen molar-refractivity contribution in [1.29, 1.82) is 0 Å². The average molecular weight is 393 g/mol. The molecule has 2 bridgehead atoms. The van der Waals surface area contributed by atoms with Crippen LogP contribution in [0.2, 0.25) is 5.02 Å². The van der Waals surface area contributed by atoms with Crippen LogP contribution < -0.4 is 5.32 Å². The first kappa shape index (κ1) is 18.4. The molecular formula is C23H18ClFN2O. The minimum Gasteiger partial charge on any atom is -0.326 e. The van der Waals surface area contributed by atoms with Crippen molar-refractivity contribution in [2.75, 3.05) is 5.32 Å². The van der Waals surface area contributed by atoms with Gasteiger partial charge in [0.25, 0.3) is 0 Å². The van der Waals surface area contributed by atoms with Gasteiger partial charge in [0.15, 0.2) is 0 Å². The van der Waals surface area contributed by atoms with Gasteiger partial charge >= 0.3 is 0 Å². The zero-order chi connectivity index (χ0) is 19.5. The Bertz CT molecular complexity index is 1060. The Morgan fingerprint density at radius 1 is 1.04 bits per heavy atom. The SMILES string of the molecule is O=C1CCC/C=C(/c2ccc(Cl)cn2)c2cccc(c2)-c2cc(F)ccc2N1. The van der Waals surface area contributed by atoms with Gasteiger partial charge in [0.2, 0.25) is 5.91 Å². The lowest BCUT2D eigenvalue weighted by molar-refractivity contribution is -0.116. The maximum atomic E-state index is 13.9. The molecule has 0 saturated carbocycles. The maximum absolute atomic E-state index is 13.9. The Balaban J connectivity index is 1.88. The van der Waals surface area contributed by atoms with Crippen molar-refractivity contribution in [3.8, 4) is 11.1 Å². The summed E-state index contributed by atoms with van der Waals surface area (Å²) in [6.07, 6.45) is 5.56. The number of rotatable bonds is 1. The van der Waals surface area contributed by atoms with Crippen molar-refractivity contribution in [3.63, 3.8) is 0 Å². The number of fused-ring (bicyclic) bond motifs is 4. The van der Waals surface area contributed by atoms with Gasteiger partial charge in [-0.2, -0.15) is 0 Å². The highest BCUT2D eigenvalue weighted by Gasteiger charge is 2.14. The molecule has 1 aliphatic heterocycles. The highest BCUT2D eigenvalue weighted by Crippen LogP contribution is 2.33. The molecule has 1 amide bonds. The van der Waals surface area contributed by atoms with E-state index in [1.807, 2.05) is 36.4 Å². The lowest BCUT2D eigenvalue weighted by Gasteiger charge is -2.15. The van der Waals surface area contributed by atoms with E-state index in [-0.39, 0.29) is 11.7 Å². The maximum Gasteiger partial charge on any atom is 0.224 e. The third-order valence-electron chi connectivity index (χ3n) is 4.70. The molecule has 140 valence electrons. The highest BCUT2D eigenvalue weighted by molar-refractivity contribution is 6.30. The van der Waals surface area contributed by atoms with Crippen molar-refractivity contribution in [1.82, 2.24) is 4.98 Å². The van der Waals surface area contributed by atoms with Gasteiger partial charge in [0.1, 0.15) is 5.82 Å². The number of amides is 1. The molecule has 0 atom stereocenters. The van der Waals surface area contributed by atoms with Crippen LogP contribution in [0.4, 0.5) is 10.1 Å². The van der Waals surface area contributed by atoms with E-state index in [4.69, 9.17) is 11.6 Å². The molecule has 1 N–H and O–H groups in total. The number of carbonyl (C=O) groups is 1. The van der Waals surface area contributed by atoms with Crippen LogP contribution in [-0.4, -0.2) is 10.9 Å². The fourth-order valence-corrected chi connectivity index (χ4v) is 3.46. The molecule has 0 unspecified atom stereocenters. The van der Waals surface area contributed by atoms with Gasteiger partial charge in [-0.25, -0.2) is 4.39 Å². The van der Waals surface area contributed by atoms with Gasteiger partial charge in [-0.3, -0.25) is 9.78 Å². The fraction of sp³-hybridized carbons (Fsp3) is 0.130. The Morgan fingerprint density at radius 3 is 2.71 bits per heavy atom. The number of hydrogen-bond donors (Lipinski definition) is 1. The molecule has 4 rings (SSSR count). The molecule has 28 heavy (non-hydrogen) atoms. The second-order valence-corrected chi connectivity index (χ2v) is 7.13. The predicted octanol–water partition coefficient (Wildman–Crippen LogP) is 6.10. The molecule has 0 saturated heterocycles. The summed E-state index contributed by atoms with van der Waals surface area (Å²) >= 11 is 5.99. The number of allylic oxidation sites excluding steroid dienone is 1. The first-order valence-electron chi connectivity index (χ1n) is 9.12. The highest BCUT2D eigenvalue weighted by atomic mass is 35.5. The molecule has 0 radical (unpaired) electrons. The topological polar surface area (TPSA) is 42.0 Å². The predicted molar refractivity (Wildman–Crippen MR) is 111 cm³/mol. The molecule has 0 fully saturated rings. The second-order valence-electron chi connectivity index (χ2n) is 6.69. The van der Waals surface area contributed by atoms with Crippen LogP contribution in [0.25, 0.3) is 16.7 Å². The summed E-state index contributed by atoms with van der Waals surface area (Å²) in [4.78, 5) is 16.8. The lowest BCUT2D eigenvalue weighted by Crippen LogP contribution is -2.12. The van der Waals surface area contributed by atoms with Crippen molar-refractivity contribution in [2.45, 2.75) is 19.3 Å². The van der Waals surface area contributed by atoms with Crippen molar-refractivity contribution < 1.29 is 9.18 Å². The second kappa shape index (κ2) is 7.95. The number of nitrogens with zero attached hydrogens (tertiary/aromatic N) is 1. The third-order valence-corrected chi connectivity index (χ3v) is 4.92. The molecule has 0 aliphatic carbocycles. The molecule has 5 heteroatoms. The number of carbonyl (C=O) groups excluding carboxylic acids is 1. The summed E-state index contributed by atoms with van der Waals surface area (Å²) in [5.74, 6) is -0.426. The number of anilines is 1. The van der Waals surface area contributed by atoms with Gasteiger partial charge < -0.3 is 5.32 Å². The first-order chi connectivity index (χ1) is 13.6. The van der Waals surface area contributed by atoms with Crippen LogP contribution in [0.5, 0.6) is 0 Å². The number of nitrogens with one attached hydrogen (secondary N) is 1. The average Bonchev–Trinajstić information content (AvgIpc) is 2.70. The van der Waals surface area contributed by atoms with E-state index in [2.05, 4.69) is 16.4 Å². The zero-order valence-electron chi connectivity index (χ0n) is 15.1. The Kier molecular flexibility index (Phi) is 5.22. The first-order valence-corrected chi connectivity index (χ1v) is 9.50. The summed E-state index contributed by atoms with van der Waals surface area (Å²) in [6.45, 7) is 0. The molecule has 0 spiro atoms. The zero-order valence-corrected chi connectivity index (χ0v) is 15.8. The Hall–Kier alpha value is -2.98. The van der Waals surface area contributed by atoms with Crippen LogP contribution in [0, 0.1) is 5.82 Å². The smallest absolute Gasteiger partial charge is 0.224 e. The number of benzene rings is 2. The summed E-state index contributed by atoms with van der Waals surface area (Å²) in [5, 5.41) is 3.49. The van der Waals surface area contributed by atoms with Crippen molar-refractivity contribution >= 4 is 28.8 Å². The minimum absolute atomic E-state index is 0.0795. The van der Waals surface area contributed by atoms with Crippen LogP contribution >= 0.6 is 11.6 Å². The van der Waals surface area contributed by atoms with E-state index in [0.29, 0.717) is 29.1 Å². The van der Waals surface area contributed by atoms with E-state index < -0.39 is 0 Å². The summed E-state index contributed by atoms with van der Waals surface area (Å²) in [7, 11) is 0. The third kappa shape index (κ3) is 3.97. The summed E-state index contributed by atoms with van der Waals surface area (Å²) in [5.41, 5.74) is 4.85. The molecule has 3 aromatic rings.